The molecule has 0 radical (unpaired) electrons. The Hall–Kier alpha value is -1.34. The van der Waals surface area contributed by atoms with Crippen LogP contribution in [0.5, 0.6) is 0 Å². The van der Waals surface area contributed by atoms with Crippen LogP contribution in [-0.4, -0.2) is 116 Å². The van der Waals surface area contributed by atoms with Crippen LogP contribution in [0.3, 0.4) is 0 Å². The van der Waals surface area contributed by atoms with Gasteiger partial charge in [-0.05, 0) is 6.42 Å². The van der Waals surface area contributed by atoms with E-state index in [-0.39, 0.29) is 25.8 Å². The summed E-state index contributed by atoms with van der Waals surface area (Å²) in [4.78, 5) is 22.0. The third-order valence-electron chi connectivity index (χ3n) is 5.43. The third kappa shape index (κ3) is 34.6. The summed E-state index contributed by atoms with van der Waals surface area (Å²) >= 11 is 0. The second-order valence-electron chi connectivity index (χ2n) is 8.92. The maximum atomic E-state index is 11.7. The molecule has 0 aliphatic heterocycles. The van der Waals surface area contributed by atoms with E-state index < -0.39 is 5.97 Å². The van der Waals surface area contributed by atoms with Gasteiger partial charge in [-0.25, -0.2) is 4.79 Å². The van der Waals surface area contributed by atoms with Gasteiger partial charge in [0.15, 0.2) is 0 Å². The molecule has 0 aliphatic rings. The Morgan fingerprint density at radius 3 is 1.18 bits per heavy atom. The first-order valence-corrected chi connectivity index (χ1v) is 14.6. The second-order valence-corrected chi connectivity index (χ2v) is 8.92. The van der Waals surface area contributed by atoms with Crippen molar-refractivity contribution >= 4 is 11.9 Å². The third-order valence-corrected chi connectivity index (χ3v) is 5.43. The average Bonchev–Trinajstić information content (AvgIpc) is 2.92. The number of carboxylic acid groups (broad SMARTS) is 1. The maximum Gasteiger partial charge on any atom is 0.329 e. The summed E-state index contributed by atoms with van der Waals surface area (Å²) in [6.45, 7) is 7.73. The number of rotatable bonds is 33. The monoisotopic (exact) mass is 566 g/mol. The van der Waals surface area contributed by atoms with Gasteiger partial charge in [0.25, 0.3) is 0 Å². The van der Waals surface area contributed by atoms with Crippen LogP contribution in [0.4, 0.5) is 0 Å². The van der Waals surface area contributed by atoms with Gasteiger partial charge < -0.3 is 43.0 Å². The van der Waals surface area contributed by atoms with Gasteiger partial charge in [0, 0.05) is 6.42 Å². The van der Waals surface area contributed by atoms with Crippen LogP contribution in [0.25, 0.3) is 0 Å². The maximum absolute atomic E-state index is 11.7. The Morgan fingerprint density at radius 2 is 0.795 bits per heavy atom. The van der Waals surface area contributed by atoms with Crippen molar-refractivity contribution in [2.45, 2.75) is 71.1 Å². The van der Waals surface area contributed by atoms with Crippen molar-refractivity contribution in [2.75, 3.05) is 99.1 Å². The zero-order valence-electron chi connectivity index (χ0n) is 24.2. The summed E-state index contributed by atoms with van der Waals surface area (Å²) < 4.78 is 42.3. The van der Waals surface area contributed by atoms with E-state index in [9.17, 15) is 9.59 Å². The van der Waals surface area contributed by atoms with Crippen LogP contribution < -0.4 is 0 Å². The lowest BCUT2D eigenvalue weighted by atomic mass is 10.1. The molecule has 0 aliphatic carbocycles. The van der Waals surface area contributed by atoms with Crippen molar-refractivity contribution in [3.8, 4) is 0 Å². The van der Waals surface area contributed by atoms with Crippen LogP contribution in [0.2, 0.25) is 0 Å². The second kappa shape index (κ2) is 32.9. The molecule has 0 bridgehead atoms. The minimum Gasteiger partial charge on any atom is -0.480 e. The van der Waals surface area contributed by atoms with E-state index in [1.165, 1.54) is 44.9 Å². The van der Waals surface area contributed by atoms with Crippen LogP contribution >= 0.6 is 0 Å². The molecule has 0 amide bonds. The van der Waals surface area contributed by atoms with Crippen LogP contribution in [0.15, 0.2) is 0 Å². The van der Waals surface area contributed by atoms with Crippen molar-refractivity contribution in [1.29, 1.82) is 0 Å². The van der Waals surface area contributed by atoms with Gasteiger partial charge >= 0.3 is 11.9 Å². The quantitative estimate of drug-likeness (QED) is 0.0923. The van der Waals surface area contributed by atoms with Crippen molar-refractivity contribution in [3.05, 3.63) is 0 Å². The van der Waals surface area contributed by atoms with E-state index in [1.54, 1.807) is 0 Å². The molecular formula is C28H54O11. The Balaban J connectivity index is 3.12. The lowest BCUT2D eigenvalue weighted by Crippen LogP contribution is -2.15. The number of carboxylic acids is 1. The topological polar surface area (TPSA) is 128 Å². The first-order valence-electron chi connectivity index (χ1n) is 14.6. The molecule has 0 aromatic rings. The van der Waals surface area contributed by atoms with E-state index >= 15 is 0 Å². The Kier molecular flexibility index (Phi) is 31.7. The Labute approximate surface area is 235 Å². The number of carbonyl (C=O) groups excluding carboxylic acids is 1. The highest BCUT2D eigenvalue weighted by molar-refractivity contribution is 5.69. The number of hydrogen-bond donors (Lipinski definition) is 1. The Morgan fingerprint density at radius 1 is 0.462 bits per heavy atom. The molecular weight excluding hydrogens is 512 g/mol. The van der Waals surface area contributed by atoms with Crippen LogP contribution in [0, 0.1) is 0 Å². The highest BCUT2D eigenvalue weighted by Crippen LogP contribution is 2.10. The van der Waals surface area contributed by atoms with Crippen molar-refractivity contribution in [2.24, 2.45) is 0 Å². The minimum atomic E-state index is -0.995. The summed E-state index contributed by atoms with van der Waals surface area (Å²) in [5.41, 5.74) is 0. The summed E-state index contributed by atoms with van der Waals surface area (Å²) in [6, 6.07) is 0. The van der Waals surface area contributed by atoms with Gasteiger partial charge in [-0.3, -0.25) is 4.79 Å². The molecule has 11 heteroatoms. The summed E-state index contributed by atoms with van der Waals surface area (Å²) in [6.07, 6.45) is 11.6. The molecule has 1 N–H and O–H groups in total. The fourth-order valence-corrected chi connectivity index (χ4v) is 3.35. The van der Waals surface area contributed by atoms with Gasteiger partial charge in [-0.15, -0.1) is 0 Å². The van der Waals surface area contributed by atoms with Crippen molar-refractivity contribution in [1.82, 2.24) is 0 Å². The lowest BCUT2D eigenvalue weighted by Gasteiger charge is -2.08. The van der Waals surface area contributed by atoms with Crippen molar-refractivity contribution in [3.63, 3.8) is 0 Å². The van der Waals surface area contributed by atoms with E-state index in [4.69, 9.17) is 43.0 Å². The van der Waals surface area contributed by atoms with Crippen LogP contribution in [-0.2, 0) is 47.5 Å². The lowest BCUT2D eigenvalue weighted by molar-refractivity contribution is -0.145. The highest BCUT2D eigenvalue weighted by Gasteiger charge is 2.03. The smallest absolute Gasteiger partial charge is 0.329 e. The molecule has 0 aromatic carbocycles. The van der Waals surface area contributed by atoms with Gasteiger partial charge in [0.05, 0.1) is 85.9 Å². The molecule has 0 unspecified atom stereocenters. The molecule has 11 nitrogen and oxygen atoms in total. The van der Waals surface area contributed by atoms with Crippen molar-refractivity contribution < 1.29 is 52.6 Å². The van der Waals surface area contributed by atoms with E-state index in [0.29, 0.717) is 85.7 Å². The van der Waals surface area contributed by atoms with Crippen LogP contribution in [0.1, 0.15) is 71.1 Å². The van der Waals surface area contributed by atoms with Gasteiger partial charge in [-0.1, -0.05) is 58.3 Å². The highest BCUT2D eigenvalue weighted by atomic mass is 16.6. The minimum absolute atomic E-state index is 0.143. The number of esters is 1. The molecule has 39 heavy (non-hydrogen) atoms. The number of unbranched alkanes of at least 4 members (excludes halogenated alkanes) is 8. The largest absolute Gasteiger partial charge is 0.480 e. The average molecular weight is 567 g/mol. The number of hydrogen-bond acceptors (Lipinski definition) is 10. The summed E-state index contributed by atoms with van der Waals surface area (Å²) in [7, 11) is 0. The first kappa shape index (κ1) is 37.7. The predicted molar refractivity (Wildman–Crippen MR) is 146 cm³/mol. The van der Waals surface area contributed by atoms with Gasteiger partial charge in [-0.2, -0.15) is 0 Å². The number of carbonyl (C=O) groups is 2. The number of aliphatic carboxylic acids is 1. The zero-order chi connectivity index (χ0) is 28.5. The number of ether oxygens (including phenoxy) is 8. The molecule has 232 valence electrons. The summed E-state index contributed by atoms with van der Waals surface area (Å²) in [5.74, 6) is -1.14. The molecule has 0 saturated carbocycles. The van der Waals surface area contributed by atoms with Gasteiger partial charge in [0.1, 0.15) is 13.2 Å². The fourth-order valence-electron chi connectivity index (χ4n) is 3.35. The molecule has 0 fully saturated rings. The first-order chi connectivity index (χ1) is 19.2. The fraction of sp³-hybridized carbons (Fsp3) is 0.929. The molecule has 0 heterocycles. The summed E-state index contributed by atoms with van der Waals surface area (Å²) in [5, 5.41) is 8.41. The zero-order valence-corrected chi connectivity index (χ0v) is 24.2. The SMILES string of the molecule is CCCCCCCCCCCC(=O)OCCOCCOCCOCCOCCOCCOCCOCC(=O)O. The van der Waals surface area contributed by atoms with E-state index in [0.717, 1.165) is 12.8 Å². The molecule has 0 aromatic heterocycles. The predicted octanol–water partition coefficient (Wildman–Crippen LogP) is 3.65. The molecule has 0 rings (SSSR count). The standard InChI is InChI=1S/C28H54O11/c1-2-3-4-5-6-7-8-9-10-11-28(31)39-25-24-37-21-20-35-17-16-33-13-12-32-14-15-34-18-19-36-22-23-38-26-27(29)30/h2-26H2,1H3,(H,29,30). The molecule has 0 atom stereocenters. The molecule has 0 saturated heterocycles. The van der Waals surface area contributed by atoms with E-state index in [2.05, 4.69) is 6.92 Å². The van der Waals surface area contributed by atoms with Gasteiger partial charge in [0.2, 0.25) is 0 Å². The Bertz CT molecular complexity index is 520. The normalized spacial score (nSPS) is 11.2. The van der Waals surface area contributed by atoms with E-state index in [1.807, 2.05) is 0 Å². The molecule has 0 spiro atoms.